The van der Waals surface area contributed by atoms with Gasteiger partial charge in [-0.3, -0.25) is 0 Å². The first-order chi connectivity index (χ1) is 12.7. The molecule has 1 aliphatic heterocycles. The summed E-state index contributed by atoms with van der Waals surface area (Å²) in [6.45, 7) is 9.63. The maximum absolute atomic E-state index is 15.1. The molecule has 0 saturated carbocycles. The lowest BCUT2D eigenvalue weighted by Gasteiger charge is -2.26. The van der Waals surface area contributed by atoms with E-state index >= 15 is 4.39 Å². The van der Waals surface area contributed by atoms with Crippen LogP contribution in [0.5, 0.6) is 0 Å². The predicted molar refractivity (Wildman–Crippen MR) is 103 cm³/mol. The zero-order valence-corrected chi connectivity index (χ0v) is 16.9. The molecule has 0 amide bonds. The van der Waals surface area contributed by atoms with Crippen molar-refractivity contribution in [2.75, 3.05) is 0 Å². The van der Waals surface area contributed by atoms with Gasteiger partial charge in [-0.05, 0) is 50.8 Å². The maximum Gasteiger partial charge on any atom is 0.338 e. The summed E-state index contributed by atoms with van der Waals surface area (Å²) in [5, 5.41) is 0. The number of allylic oxidation sites excluding steroid dienone is 1. The molecule has 0 bridgehead atoms. The first-order valence-electron chi connectivity index (χ1n) is 9.70. The minimum absolute atomic E-state index is 0.296. The molecule has 0 spiro atoms. The summed E-state index contributed by atoms with van der Waals surface area (Å²) in [4.78, 5) is 12.6. The number of carbonyl (C=O) groups excluding carboxylic acids is 1. The second kappa shape index (κ2) is 9.47. The topological polar surface area (TPSA) is 44.8 Å². The molecule has 4 nitrogen and oxygen atoms in total. The van der Waals surface area contributed by atoms with Gasteiger partial charge in [0.05, 0.1) is 11.7 Å². The van der Waals surface area contributed by atoms with Crippen LogP contribution in [0.1, 0.15) is 64.2 Å². The molecule has 1 aromatic carbocycles. The zero-order chi connectivity index (χ0) is 20.0. The molecule has 1 aliphatic rings. The molecule has 1 aromatic rings. The van der Waals surface area contributed by atoms with Crippen molar-refractivity contribution in [3.63, 3.8) is 0 Å². The van der Waals surface area contributed by atoms with Gasteiger partial charge in [0.1, 0.15) is 11.9 Å². The molecule has 0 aliphatic carbocycles. The van der Waals surface area contributed by atoms with Gasteiger partial charge < -0.3 is 14.2 Å². The molecule has 3 atom stereocenters. The van der Waals surface area contributed by atoms with E-state index in [4.69, 9.17) is 14.2 Å². The highest BCUT2D eigenvalue weighted by atomic mass is 19.1. The van der Waals surface area contributed by atoms with Crippen molar-refractivity contribution in [2.24, 2.45) is 5.92 Å². The molecule has 27 heavy (non-hydrogen) atoms. The van der Waals surface area contributed by atoms with Gasteiger partial charge in [0.2, 0.25) is 0 Å². The van der Waals surface area contributed by atoms with Gasteiger partial charge in [0.15, 0.2) is 11.9 Å². The third kappa shape index (κ3) is 6.15. The third-order valence-electron chi connectivity index (χ3n) is 4.39. The van der Waals surface area contributed by atoms with E-state index in [1.807, 2.05) is 26.8 Å². The first kappa shape index (κ1) is 21.6. The Hall–Kier alpha value is -1.72. The number of hydrogen-bond acceptors (Lipinski definition) is 4. The summed E-state index contributed by atoms with van der Waals surface area (Å²) in [7, 11) is 0. The van der Waals surface area contributed by atoms with Gasteiger partial charge in [-0.25, -0.2) is 9.18 Å². The molecular formula is C22H31FO4. The molecule has 2 rings (SSSR count). The molecule has 0 radical (unpaired) electrons. The number of carbonyl (C=O) groups is 1. The van der Waals surface area contributed by atoms with E-state index in [2.05, 4.69) is 0 Å². The highest BCUT2D eigenvalue weighted by Gasteiger charge is 2.47. The van der Waals surface area contributed by atoms with Crippen LogP contribution in [-0.4, -0.2) is 30.1 Å². The van der Waals surface area contributed by atoms with Crippen LogP contribution in [0.15, 0.2) is 42.2 Å². The number of rotatable bonds is 8. The van der Waals surface area contributed by atoms with Crippen molar-refractivity contribution in [3.05, 3.63) is 47.8 Å². The van der Waals surface area contributed by atoms with Crippen molar-refractivity contribution >= 4 is 5.97 Å². The third-order valence-corrected chi connectivity index (χ3v) is 4.39. The van der Waals surface area contributed by atoms with Gasteiger partial charge in [-0.2, -0.15) is 0 Å². The zero-order valence-electron chi connectivity index (χ0n) is 16.9. The standard InChI is InChI=1S/C22H31FO4/c1-6-10-18-20(27-22(4,5)26-18)19(17(23)14-13-15(2)3)25-21(24)16-11-8-7-9-12-16/h7-9,11-12,14-15,18-20H,6,10,13H2,1-5H3/b17-14+. The molecular weight excluding hydrogens is 347 g/mol. The van der Waals surface area contributed by atoms with Crippen molar-refractivity contribution in [1.82, 2.24) is 0 Å². The Kier molecular flexibility index (Phi) is 7.57. The average molecular weight is 378 g/mol. The van der Waals surface area contributed by atoms with E-state index in [-0.39, 0.29) is 6.10 Å². The fourth-order valence-corrected chi connectivity index (χ4v) is 3.13. The summed E-state index contributed by atoms with van der Waals surface area (Å²) in [6, 6.07) is 8.60. The summed E-state index contributed by atoms with van der Waals surface area (Å²) in [5.74, 6) is -1.61. The van der Waals surface area contributed by atoms with Crippen LogP contribution in [0.2, 0.25) is 0 Å². The Morgan fingerprint density at radius 3 is 2.52 bits per heavy atom. The second-order valence-corrected chi connectivity index (χ2v) is 7.84. The summed E-state index contributed by atoms with van der Waals surface area (Å²) in [5.41, 5.74) is 0.379. The molecule has 0 N–H and O–H groups in total. The van der Waals surface area contributed by atoms with E-state index in [0.717, 1.165) is 6.42 Å². The Balaban J connectivity index is 2.28. The number of benzene rings is 1. The fraction of sp³-hybridized carbons (Fsp3) is 0.591. The van der Waals surface area contributed by atoms with E-state index in [0.29, 0.717) is 24.3 Å². The smallest absolute Gasteiger partial charge is 0.338 e. The first-order valence-corrected chi connectivity index (χ1v) is 9.70. The van der Waals surface area contributed by atoms with Crippen molar-refractivity contribution in [2.45, 2.75) is 78.0 Å². The Morgan fingerprint density at radius 2 is 1.93 bits per heavy atom. The van der Waals surface area contributed by atoms with Gasteiger partial charge in [0, 0.05) is 0 Å². The highest BCUT2D eigenvalue weighted by molar-refractivity contribution is 5.89. The second-order valence-electron chi connectivity index (χ2n) is 7.84. The van der Waals surface area contributed by atoms with Crippen LogP contribution < -0.4 is 0 Å². The normalized spacial score (nSPS) is 23.4. The monoisotopic (exact) mass is 378 g/mol. The number of hydrogen-bond donors (Lipinski definition) is 0. The lowest BCUT2D eigenvalue weighted by atomic mass is 10.0. The van der Waals surface area contributed by atoms with Crippen LogP contribution in [0, 0.1) is 5.92 Å². The van der Waals surface area contributed by atoms with Crippen LogP contribution in [0.4, 0.5) is 4.39 Å². The summed E-state index contributed by atoms with van der Waals surface area (Å²) in [6.07, 6.45) is 1.45. The predicted octanol–water partition coefficient (Wildman–Crippen LogP) is 5.43. The lowest BCUT2D eigenvalue weighted by molar-refractivity contribution is -0.154. The minimum Gasteiger partial charge on any atom is -0.449 e. The van der Waals surface area contributed by atoms with Gasteiger partial charge in [0.25, 0.3) is 0 Å². The lowest BCUT2D eigenvalue weighted by Crippen LogP contribution is -2.39. The Bertz CT molecular complexity index is 639. The van der Waals surface area contributed by atoms with Crippen LogP contribution in [-0.2, 0) is 14.2 Å². The Labute approximate surface area is 161 Å². The number of esters is 1. The number of halogens is 1. The Morgan fingerprint density at radius 1 is 1.26 bits per heavy atom. The van der Waals surface area contributed by atoms with E-state index in [1.165, 1.54) is 6.08 Å². The molecule has 3 unspecified atom stereocenters. The molecule has 0 aromatic heterocycles. The molecule has 1 heterocycles. The van der Waals surface area contributed by atoms with Crippen LogP contribution in [0.3, 0.4) is 0 Å². The fourth-order valence-electron chi connectivity index (χ4n) is 3.13. The highest BCUT2D eigenvalue weighted by Crippen LogP contribution is 2.36. The quantitative estimate of drug-likeness (QED) is 0.566. The minimum atomic E-state index is -1.13. The van der Waals surface area contributed by atoms with E-state index < -0.39 is 29.8 Å². The van der Waals surface area contributed by atoms with Gasteiger partial charge in [-0.15, -0.1) is 0 Å². The summed E-state index contributed by atoms with van der Waals surface area (Å²) < 4.78 is 32.6. The largest absolute Gasteiger partial charge is 0.449 e. The molecule has 150 valence electrons. The van der Waals surface area contributed by atoms with Crippen LogP contribution >= 0.6 is 0 Å². The van der Waals surface area contributed by atoms with Crippen molar-refractivity contribution < 1.29 is 23.4 Å². The summed E-state index contributed by atoms with van der Waals surface area (Å²) >= 11 is 0. The van der Waals surface area contributed by atoms with Gasteiger partial charge in [-0.1, -0.05) is 45.4 Å². The van der Waals surface area contributed by atoms with E-state index in [9.17, 15) is 4.79 Å². The van der Waals surface area contributed by atoms with Gasteiger partial charge >= 0.3 is 5.97 Å². The molecule has 1 saturated heterocycles. The van der Waals surface area contributed by atoms with Crippen molar-refractivity contribution in [1.29, 1.82) is 0 Å². The molecule has 1 fully saturated rings. The van der Waals surface area contributed by atoms with Crippen LogP contribution in [0.25, 0.3) is 0 Å². The molecule has 5 heteroatoms. The van der Waals surface area contributed by atoms with Crippen molar-refractivity contribution in [3.8, 4) is 0 Å². The SMILES string of the molecule is CCCC1OC(C)(C)OC1C(OC(=O)c1ccccc1)/C(F)=C\CC(C)C. The van der Waals surface area contributed by atoms with E-state index in [1.54, 1.807) is 38.1 Å². The number of ether oxygens (including phenoxy) is 3. The average Bonchev–Trinajstić information content (AvgIpc) is 2.92. The maximum atomic E-state index is 15.1.